The highest BCUT2D eigenvalue weighted by atomic mass is 35.5. The second-order valence-electron chi connectivity index (χ2n) is 6.03. The molecule has 0 fully saturated rings. The third-order valence-corrected chi connectivity index (χ3v) is 3.98. The van der Waals surface area contributed by atoms with Crippen LogP contribution in [0.2, 0.25) is 5.02 Å². The van der Waals surface area contributed by atoms with E-state index in [-0.39, 0.29) is 0 Å². The Hall–Kier alpha value is -1.31. The normalized spacial score (nSPS) is 14.1. The van der Waals surface area contributed by atoms with Crippen LogP contribution >= 0.6 is 11.6 Å². The van der Waals surface area contributed by atoms with Crippen molar-refractivity contribution < 1.29 is 0 Å². The van der Waals surface area contributed by atoms with E-state index >= 15 is 0 Å². The molecule has 21 heavy (non-hydrogen) atoms. The highest BCUT2D eigenvalue weighted by molar-refractivity contribution is 6.30. The van der Waals surface area contributed by atoms with Gasteiger partial charge in [-0.3, -0.25) is 0 Å². The summed E-state index contributed by atoms with van der Waals surface area (Å²) in [5, 5.41) is 4.54. The lowest BCUT2D eigenvalue weighted by molar-refractivity contribution is 0.394. The van der Waals surface area contributed by atoms with Gasteiger partial charge < -0.3 is 5.32 Å². The molecule has 0 aliphatic heterocycles. The summed E-state index contributed by atoms with van der Waals surface area (Å²) in [5.41, 5.74) is 2.62. The molecule has 0 radical (unpaired) electrons. The van der Waals surface area contributed by atoms with Crippen molar-refractivity contribution in [2.75, 3.05) is 0 Å². The van der Waals surface area contributed by atoms with E-state index in [2.05, 4.69) is 68.6 Å². The van der Waals surface area contributed by atoms with Gasteiger partial charge in [0.05, 0.1) is 0 Å². The minimum atomic E-state index is 0.297. The third-order valence-electron chi connectivity index (χ3n) is 3.73. The Balaban J connectivity index is 2.13. The Morgan fingerprint density at radius 2 is 1.48 bits per heavy atom. The first kappa shape index (κ1) is 16.1. The van der Waals surface area contributed by atoms with Crippen molar-refractivity contribution in [1.29, 1.82) is 0 Å². The van der Waals surface area contributed by atoms with Gasteiger partial charge in [0.2, 0.25) is 0 Å². The zero-order valence-corrected chi connectivity index (χ0v) is 13.8. The predicted octanol–water partition coefficient (Wildman–Crippen LogP) is 5.78. The van der Waals surface area contributed by atoms with Gasteiger partial charge in [-0.1, -0.05) is 67.9 Å². The van der Waals surface area contributed by atoms with E-state index in [1.165, 1.54) is 11.1 Å². The zero-order chi connectivity index (χ0) is 15.2. The van der Waals surface area contributed by atoms with Crippen LogP contribution in [0.1, 0.15) is 50.4 Å². The van der Waals surface area contributed by atoms with Crippen LogP contribution in [-0.4, -0.2) is 0 Å². The largest absolute Gasteiger partial charge is 0.303 e. The van der Waals surface area contributed by atoms with Crippen molar-refractivity contribution in [3.05, 3.63) is 70.7 Å². The average molecular weight is 302 g/mol. The van der Waals surface area contributed by atoms with Crippen molar-refractivity contribution in [2.24, 2.45) is 5.92 Å². The van der Waals surface area contributed by atoms with E-state index in [0.29, 0.717) is 18.0 Å². The maximum atomic E-state index is 5.97. The fraction of sp³-hybridized carbons (Fsp3) is 0.368. The van der Waals surface area contributed by atoms with Crippen molar-refractivity contribution in [3.63, 3.8) is 0 Å². The molecule has 0 aliphatic carbocycles. The highest BCUT2D eigenvalue weighted by Crippen LogP contribution is 2.25. The van der Waals surface area contributed by atoms with E-state index in [1.807, 2.05) is 12.1 Å². The number of hydrogen-bond acceptors (Lipinski definition) is 1. The number of benzene rings is 2. The van der Waals surface area contributed by atoms with E-state index < -0.39 is 0 Å². The predicted molar refractivity (Wildman–Crippen MR) is 91.6 cm³/mol. The summed E-state index contributed by atoms with van der Waals surface area (Å²) in [6, 6.07) is 19.5. The molecule has 0 saturated carbocycles. The minimum Gasteiger partial charge on any atom is -0.303 e. The van der Waals surface area contributed by atoms with Gasteiger partial charge in [0, 0.05) is 17.1 Å². The lowest BCUT2D eigenvalue weighted by Crippen LogP contribution is -2.26. The molecule has 0 bridgehead atoms. The maximum absolute atomic E-state index is 5.97. The van der Waals surface area contributed by atoms with Crippen LogP contribution in [0, 0.1) is 5.92 Å². The number of hydrogen-bond donors (Lipinski definition) is 1. The van der Waals surface area contributed by atoms with Gasteiger partial charge in [-0.05, 0) is 42.5 Å². The molecular formula is C19H24ClN. The first-order chi connectivity index (χ1) is 10.1. The SMILES string of the molecule is CC(C)CC(NC(C)c1ccc(Cl)cc1)c1ccccc1. The van der Waals surface area contributed by atoms with Crippen LogP contribution in [0.5, 0.6) is 0 Å². The van der Waals surface area contributed by atoms with Crippen molar-refractivity contribution in [2.45, 2.75) is 39.3 Å². The molecule has 2 aromatic rings. The molecule has 2 heteroatoms. The maximum Gasteiger partial charge on any atom is 0.0406 e. The molecule has 2 atom stereocenters. The summed E-state index contributed by atoms with van der Waals surface area (Å²) in [5.74, 6) is 0.653. The van der Waals surface area contributed by atoms with Crippen LogP contribution < -0.4 is 5.32 Å². The third kappa shape index (κ3) is 4.87. The highest BCUT2D eigenvalue weighted by Gasteiger charge is 2.16. The Morgan fingerprint density at radius 3 is 2.05 bits per heavy atom. The molecule has 0 saturated heterocycles. The van der Waals surface area contributed by atoms with Gasteiger partial charge in [-0.25, -0.2) is 0 Å². The minimum absolute atomic E-state index is 0.297. The first-order valence-corrected chi connectivity index (χ1v) is 8.00. The van der Waals surface area contributed by atoms with Gasteiger partial charge in [0.1, 0.15) is 0 Å². The molecule has 0 aliphatic rings. The van der Waals surface area contributed by atoms with Crippen LogP contribution in [0.15, 0.2) is 54.6 Å². The summed E-state index contributed by atoms with van der Waals surface area (Å²) < 4.78 is 0. The van der Waals surface area contributed by atoms with E-state index in [4.69, 9.17) is 11.6 Å². The second kappa shape index (κ2) is 7.63. The zero-order valence-electron chi connectivity index (χ0n) is 13.0. The van der Waals surface area contributed by atoms with Crippen LogP contribution in [0.25, 0.3) is 0 Å². The number of nitrogens with one attached hydrogen (secondary N) is 1. The molecule has 2 aromatic carbocycles. The topological polar surface area (TPSA) is 12.0 Å². The fourth-order valence-electron chi connectivity index (χ4n) is 2.61. The summed E-state index contributed by atoms with van der Waals surface area (Å²) in [7, 11) is 0. The number of rotatable bonds is 6. The Labute approximate surface area is 133 Å². The summed E-state index contributed by atoms with van der Waals surface area (Å²) in [6.45, 7) is 6.74. The molecule has 0 amide bonds. The summed E-state index contributed by atoms with van der Waals surface area (Å²) >= 11 is 5.97. The van der Waals surface area contributed by atoms with Crippen LogP contribution in [0.4, 0.5) is 0 Å². The standard InChI is InChI=1S/C19H24ClN/c1-14(2)13-19(17-7-5-4-6-8-17)21-15(3)16-9-11-18(20)12-10-16/h4-12,14-15,19,21H,13H2,1-3H3. The molecule has 2 unspecified atom stereocenters. The first-order valence-electron chi connectivity index (χ1n) is 7.62. The summed E-state index contributed by atoms with van der Waals surface area (Å²) in [6.07, 6.45) is 1.13. The Kier molecular flexibility index (Phi) is 5.84. The smallest absolute Gasteiger partial charge is 0.0406 e. The Bertz CT molecular complexity index is 533. The molecule has 2 rings (SSSR count). The molecule has 0 spiro atoms. The van der Waals surface area contributed by atoms with Crippen LogP contribution in [-0.2, 0) is 0 Å². The Morgan fingerprint density at radius 1 is 0.857 bits per heavy atom. The van der Waals surface area contributed by atoms with Gasteiger partial charge in [-0.15, -0.1) is 0 Å². The van der Waals surface area contributed by atoms with Crippen molar-refractivity contribution in [3.8, 4) is 0 Å². The van der Waals surface area contributed by atoms with E-state index in [0.717, 1.165) is 11.4 Å². The molecule has 0 aromatic heterocycles. The van der Waals surface area contributed by atoms with Crippen molar-refractivity contribution in [1.82, 2.24) is 5.32 Å². The monoisotopic (exact) mass is 301 g/mol. The molecule has 1 N–H and O–H groups in total. The van der Waals surface area contributed by atoms with Gasteiger partial charge in [0.25, 0.3) is 0 Å². The van der Waals surface area contributed by atoms with Gasteiger partial charge >= 0.3 is 0 Å². The van der Waals surface area contributed by atoms with Crippen LogP contribution in [0.3, 0.4) is 0 Å². The number of halogens is 1. The quantitative estimate of drug-likeness (QED) is 0.713. The molecule has 1 nitrogen and oxygen atoms in total. The van der Waals surface area contributed by atoms with E-state index in [1.54, 1.807) is 0 Å². The molecule has 0 heterocycles. The van der Waals surface area contributed by atoms with Gasteiger partial charge in [-0.2, -0.15) is 0 Å². The van der Waals surface area contributed by atoms with Gasteiger partial charge in [0.15, 0.2) is 0 Å². The lowest BCUT2D eigenvalue weighted by Gasteiger charge is -2.25. The fourth-order valence-corrected chi connectivity index (χ4v) is 2.73. The lowest BCUT2D eigenvalue weighted by atomic mass is 9.95. The summed E-state index contributed by atoms with van der Waals surface area (Å²) in [4.78, 5) is 0. The average Bonchev–Trinajstić information content (AvgIpc) is 2.47. The van der Waals surface area contributed by atoms with Crippen molar-refractivity contribution >= 4 is 11.6 Å². The second-order valence-corrected chi connectivity index (χ2v) is 6.47. The van der Waals surface area contributed by atoms with E-state index in [9.17, 15) is 0 Å². The molecular weight excluding hydrogens is 278 g/mol. The molecule has 112 valence electrons.